The van der Waals surface area contributed by atoms with Gasteiger partial charge in [-0.1, -0.05) is 13.3 Å². The summed E-state index contributed by atoms with van der Waals surface area (Å²) in [5.41, 5.74) is 8.88. The number of benzene rings is 1. The van der Waals surface area contributed by atoms with Crippen LogP contribution in [0.15, 0.2) is 18.2 Å². The van der Waals surface area contributed by atoms with Crippen molar-refractivity contribution in [2.24, 2.45) is 7.05 Å². The van der Waals surface area contributed by atoms with Crippen molar-refractivity contribution < 1.29 is 4.39 Å². The molecule has 0 atom stereocenters. The number of halogens is 2. The van der Waals surface area contributed by atoms with E-state index in [0.717, 1.165) is 33.2 Å². The van der Waals surface area contributed by atoms with Crippen LogP contribution in [-0.4, -0.2) is 9.78 Å². The molecule has 0 aliphatic heterocycles. The molecule has 1 heterocycles. The molecule has 1 aromatic carbocycles. The van der Waals surface area contributed by atoms with Crippen LogP contribution in [0.3, 0.4) is 0 Å². The Morgan fingerprint density at radius 2 is 2.17 bits per heavy atom. The molecule has 18 heavy (non-hydrogen) atoms. The van der Waals surface area contributed by atoms with Gasteiger partial charge in [0.15, 0.2) is 0 Å². The first kappa shape index (κ1) is 13.3. The molecular weight excluding hydrogens is 344 g/mol. The topological polar surface area (TPSA) is 43.8 Å². The second-order valence-corrected chi connectivity index (χ2v) is 5.37. The van der Waals surface area contributed by atoms with Gasteiger partial charge in [0.25, 0.3) is 0 Å². The predicted octanol–water partition coefficient (Wildman–Crippen LogP) is 3.37. The highest BCUT2D eigenvalue weighted by molar-refractivity contribution is 14.1. The number of rotatable bonds is 3. The van der Waals surface area contributed by atoms with Crippen LogP contribution in [0.4, 0.5) is 10.2 Å². The molecule has 0 saturated carbocycles. The third-order valence-electron chi connectivity index (χ3n) is 2.88. The molecule has 0 bridgehead atoms. The molecule has 96 valence electrons. The highest BCUT2D eigenvalue weighted by Crippen LogP contribution is 2.31. The van der Waals surface area contributed by atoms with E-state index in [4.69, 9.17) is 5.73 Å². The maximum atomic E-state index is 13.1. The molecule has 0 amide bonds. The van der Waals surface area contributed by atoms with Crippen molar-refractivity contribution in [1.82, 2.24) is 9.78 Å². The zero-order chi connectivity index (χ0) is 13.3. The Kier molecular flexibility index (Phi) is 3.89. The van der Waals surface area contributed by atoms with Crippen molar-refractivity contribution in [3.05, 3.63) is 33.1 Å². The summed E-state index contributed by atoms with van der Waals surface area (Å²) in [4.78, 5) is 0. The van der Waals surface area contributed by atoms with Crippen molar-refractivity contribution >= 4 is 28.4 Å². The van der Waals surface area contributed by atoms with Crippen LogP contribution < -0.4 is 5.73 Å². The van der Waals surface area contributed by atoms with Crippen LogP contribution in [0.1, 0.15) is 18.9 Å². The normalized spacial score (nSPS) is 10.9. The van der Waals surface area contributed by atoms with Crippen molar-refractivity contribution in [1.29, 1.82) is 0 Å². The van der Waals surface area contributed by atoms with Gasteiger partial charge in [0.05, 0.1) is 5.69 Å². The first-order valence-corrected chi connectivity index (χ1v) is 6.89. The number of nitrogens with zero attached hydrogens (tertiary/aromatic N) is 2. The maximum Gasteiger partial charge on any atom is 0.125 e. The second-order valence-electron chi connectivity index (χ2n) is 4.21. The number of hydrogen-bond donors (Lipinski definition) is 1. The van der Waals surface area contributed by atoms with Gasteiger partial charge in [0, 0.05) is 21.7 Å². The van der Waals surface area contributed by atoms with Crippen LogP contribution in [0.5, 0.6) is 0 Å². The average Bonchev–Trinajstić information content (AvgIpc) is 2.58. The molecule has 2 N–H and O–H groups in total. The standard InChI is InChI=1S/C13H15FIN3/c1-3-4-10-12(17-18(2)13(10)16)9-6-5-8(14)7-11(9)15/h5-7H,3-4,16H2,1-2H3. The summed E-state index contributed by atoms with van der Waals surface area (Å²) in [6, 6.07) is 4.73. The lowest BCUT2D eigenvalue weighted by Gasteiger charge is -2.04. The quantitative estimate of drug-likeness (QED) is 0.855. The van der Waals surface area contributed by atoms with E-state index in [-0.39, 0.29) is 5.82 Å². The van der Waals surface area contributed by atoms with Crippen molar-refractivity contribution in [3.63, 3.8) is 0 Å². The van der Waals surface area contributed by atoms with Crippen LogP contribution in [-0.2, 0) is 13.5 Å². The van der Waals surface area contributed by atoms with Gasteiger partial charge >= 0.3 is 0 Å². The fourth-order valence-electron chi connectivity index (χ4n) is 1.98. The Balaban J connectivity index is 2.59. The fraction of sp³-hybridized carbons (Fsp3) is 0.308. The first-order chi connectivity index (χ1) is 8.54. The molecule has 0 unspecified atom stereocenters. The van der Waals surface area contributed by atoms with E-state index in [2.05, 4.69) is 34.6 Å². The zero-order valence-corrected chi connectivity index (χ0v) is 12.5. The molecule has 1 aromatic heterocycles. The second kappa shape index (κ2) is 5.26. The third-order valence-corrected chi connectivity index (χ3v) is 3.77. The summed E-state index contributed by atoms with van der Waals surface area (Å²) in [6.45, 7) is 2.10. The SMILES string of the molecule is CCCc1c(-c2ccc(F)cc2I)nn(C)c1N. The van der Waals surface area contributed by atoms with E-state index in [1.54, 1.807) is 10.7 Å². The minimum Gasteiger partial charge on any atom is -0.384 e. The minimum absolute atomic E-state index is 0.232. The number of nitrogen functional groups attached to an aromatic ring is 1. The molecular formula is C13H15FIN3. The molecule has 0 saturated heterocycles. The molecule has 2 rings (SSSR count). The van der Waals surface area contributed by atoms with Gasteiger partial charge in [-0.3, -0.25) is 4.68 Å². The molecule has 0 fully saturated rings. The number of hydrogen-bond acceptors (Lipinski definition) is 2. The van der Waals surface area contributed by atoms with E-state index in [1.807, 2.05) is 7.05 Å². The Morgan fingerprint density at radius 1 is 1.44 bits per heavy atom. The van der Waals surface area contributed by atoms with Gasteiger partial charge in [-0.05, 0) is 47.2 Å². The molecule has 3 nitrogen and oxygen atoms in total. The van der Waals surface area contributed by atoms with Crippen LogP contribution in [0.2, 0.25) is 0 Å². The Hall–Kier alpha value is -1.11. The molecule has 2 aromatic rings. The Labute approximate surface area is 119 Å². The van der Waals surface area contributed by atoms with E-state index >= 15 is 0 Å². The van der Waals surface area contributed by atoms with E-state index in [1.165, 1.54) is 12.1 Å². The Bertz CT molecular complexity index is 578. The lowest BCUT2D eigenvalue weighted by Crippen LogP contribution is -1.99. The van der Waals surface area contributed by atoms with Gasteiger partial charge in [0.1, 0.15) is 11.6 Å². The van der Waals surface area contributed by atoms with Crippen molar-refractivity contribution in [2.45, 2.75) is 19.8 Å². The first-order valence-electron chi connectivity index (χ1n) is 5.81. The molecule has 0 aliphatic rings. The summed E-state index contributed by atoms with van der Waals surface area (Å²) in [5, 5.41) is 4.45. The Morgan fingerprint density at radius 3 is 2.78 bits per heavy atom. The number of nitrogens with two attached hydrogens (primary N) is 1. The van der Waals surface area contributed by atoms with Crippen LogP contribution in [0, 0.1) is 9.39 Å². The maximum absolute atomic E-state index is 13.1. The minimum atomic E-state index is -0.232. The predicted molar refractivity (Wildman–Crippen MR) is 79.7 cm³/mol. The molecule has 5 heteroatoms. The number of aromatic nitrogens is 2. The summed E-state index contributed by atoms with van der Waals surface area (Å²) in [5.74, 6) is 0.455. The monoisotopic (exact) mass is 359 g/mol. The van der Waals surface area contributed by atoms with Crippen molar-refractivity contribution in [2.75, 3.05) is 5.73 Å². The van der Waals surface area contributed by atoms with Gasteiger partial charge in [-0.15, -0.1) is 0 Å². The molecule has 0 spiro atoms. The smallest absolute Gasteiger partial charge is 0.125 e. The molecule has 0 radical (unpaired) electrons. The summed E-state index contributed by atoms with van der Waals surface area (Å²) < 4.78 is 15.7. The highest BCUT2D eigenvalue weighted by atomic mass is 127. The van der Waals surface area contributed by atoms with Gasteiger partial charge in [-0.25, -0.2) is 4.39 Å². The molecule has 0 aliphatic carbocycles. The summed E-state index contributed by atoms with van der Waals surface area (Å²) in [6.07, 6.45) is 1.88. The van der Waals surface area contributed by atoms with Gasteiger partial charge in [-0.2, -0.15) is 5.10 Å². The number of anilines is 1. The zero-order valence-electron chi connectivity index (χ0n) is 10.4. The van der Waals surface area contributed by atoms with E-state index < -0.39 is 0 Å². The third kappa shape index (κ3) is 2.36. The van der Waals surface area contributed by atoms with E-state index in [0.29, 0.717) is 5.82 Å². The van der Waals surface area contributed by atoms with Crippen molar-refractivity contribution in [3.8, 4) is 11.3 Å². The lowest BCUT2D eigenvalue weighted by atomic mass is 10.0. The van der Waals surface area contributed by atoms with Gasteiger partial charge in [0.2, 0.25) is 0 Å². The highest BCUT2D eigenvalue weighted by Gasteiger charge is 2.16. The average molecular weight is 359 g/mol. The van der Waals surface area contributed by atoms with Crippen LogP contribution >= 0.6 is 22.6 Å². The lowest BCUT2D eigenvalue weighted by molar-refractivity contribution is 0.627. The largest absolute Gasteiger partial charge is 0.384 e. The summed E-state index contributed by atoms with van der Waals surface area (Å²) in [7, 11) is 1.83. The van der Waals surface area contributed by atoms with Crippen LogP contribution in [0.25, 0.3) is 11.3 Å². The number of aryl methyl sites for hydroxylation is 1. The van der Waals surface area contributed by atoms with Gasteiger partial charge < -0.3 is 5.73 Å². The summed E-state index contributed by atoms with van der Waals surface area (Å²) >= 11 is 2.13. The fourth-order valence-corrected chi connectivity index (χ4v) is 2.71. The van der Waals surface area contributed by atoms with E-state index in [9.17, 15) is 4.39 Å².